The van der Waals surface area contributed by atoms with Gasteiger partial charge in [-0.2, -0.15) is 13.2 Å². The zero-order valence-corrected chi connectivity index (χ0v) is 10.9. The number of alkyl halides is 3. The lowest BCUT2D eigenvalue weighted by molar-refractivity contribution is -0.133. The van der Waals surface area contributed by atoms with Gasteiger partial charge in [-0.1, -0.05) is 0 Å². The molecule has 4 aliphatic carbocycles. The van der Waals surface area contributed by atoms with Crippen LogP contribution in [0.5, 0.6) is 0 Å². The highest BCUT2D eigenvalue weighted by atomic mass is 19.4. The zero-order valence-electron chi connectivity index (χ0n) is 10.9. The summed E-state index contributed by atoms with van der Waals surface area (Å²) in [4.78, 5) is 0. The lowest BCUT2D eigenvalue weighted by Crippen LogP contribution is -2.55. The standard InChI is InChI=1S/C14H22F3N/c1-9(18-8-14(15,16)17)13-5-10-2-11(6-13)4-12(3-10)7-13/h9-12,18H,2-8H2,1H3. The van der Waals surface area contributed by atoms with Crippen molar-refractivity contribution in [3.8, 4) is 0 Å². The van der Waals surface area contributed by atoms with Crippen molar-refractivity contribution in [2.75, 3.05) is 6.54 Å². The smallest absolute Gasteiger partial charge is 0.306 e. The molecule has 0 aromatic rings. The summed E-state index contributed by atoms with van der Waals surface area (Å²) in [6, 6.07) is 0.00697. The molecule has 0 aromatic carbocycles. The summed E-state index contributed by atoms with van der Waals surface area (Å²) in [5.41, 5.74) is 0.167. The molecule has 4 heteroatoms. The monoisotopic (exact) mass is 261 g/mol. The highest BCUT2D eigenvalue weighted by Crippen LogP contribution is 2.61. The van der Waals surface area contributed by atoms with E-state index in [0.29, 0.717) is 0 Å². The Balaban J connectivity index is 1.67. The Morgan fingerprint density at radius 1 is 1.06 bits per heavy atom. The summed E-state index contributed by atoms with van der Waals surface area (Å²) < 4.78 is 37.0. The predicted molar refractivity (Wildman–Crippen MR) is 64.1 cm³/mol. The molecule has 0 aromatic heterocycles. The Hall–Kier alpha value is -0.250. The van der Waals surface area contributed by atoms with Gasteiger partial charge in [-0.05, 0) is 68.6 Å². The quantitative estimate of drug-likeness (QED) is 0.816. The topological polar surface area (TPSA) is 12.0 Å². The maximum absolute atomic E-state index is 12.3. The van der Waals surface area contributed by atoms with Gasteiger partial charge in [0.2, 0.25) is 0 Å². The number of rotatable bonds is 3. The molecule has 1 nitrogen and oxygen atoms in total. The summed E-state index contributed by atoms with van der Waals surface area (Å²) in [5.74, 6) is 2.39. The second kappa shape index (κ2) is 4.12. The Morgan fingerprint density at radius 2 is 1.50 bits per heavy atom. The van der Waals surface area contributed by atoms with E-state index in [1.54, 1.807) is 0 Å². The van der Waals surface area contributed by atoms with Crippen molar-refractivity contribution < 1.29 is 13.2 Å². The van der Waals surface area contributed by atoms with E-state index in [0.717, 1.165) is 37.0 Å². The Bertz CT molecular complexity index is 288. The minimum Gasteiger partial charge on any atom is -0.306 e. The van der Waals surface area contributed by atoms with Crippen LogP contribution in [0.3, 0.4) is 0 Å². The second-order valence-corrected chi connectivity index (χ2v) is 7.00. The molecule has 104 valence electrons. The van der Waals surface area contributed by atoms with Gasteiger partial charge >= 0.3 is 6.18 Å². The van der Waals surface area contributed by atoms with Gasteiger partial charge in [0.25, 0.3) is 0 Å². The SMILES string of the molecule is CC(NCC(F)(F)F)C12CC3CC(CC(C3)C1)C2. The van der Waals surface area contributed by atoms with Gasteiger partial charge in [-0.15, -0.1) is 0 Å². The molecule has 4 bridgehead atoms. The summed E-state index contributed by atoms with van der Waals surface area (Å²) in [7, 11) is 0. The third kappa shape index (κ3) is 2.28. The van der Waals surface area contributed by atoms with Crippen molar-refractivity contribution in [1.29, 1.82) is 0 Å². The normalized spacial score (nSPS) is 44.3. The Labute approximate surface area is 107 Å². The first-order chi connectivity index (χ1) is 8.36. The lowest BCUT2D eigenvalue weighted by atomic mass is 9.48. The molecule has 4 aliphatic rings. The highest BCUT2D eigenvalue weighted by Gasteiger charge is 2.53. The van der Waals surface area contributed by atoms with Gasteiger partial charge in [-0.25, -0.2) is 0 Å². The van der Waals surface area contributed by atoms with Crippen LogP contribution in [-0.4, -0.2) is 18.8 Å². The van der Waals surface area contributed by atoms with Gasteiger partial charge in [0, 0.05) is 6.04 Å². The maximum atomic E-state index is 12.3. The molecular formula is C14H22F3N. The molecule has 0 heterocycles. The molecule has 4 rings (SSSR count). The van der Waals surface area contributed by atoms with E-state index in [-0.39, 0.29) is 11.5 Å². The summed E-state index contributed by atoms with van der Waals surface area (Å²) in [6.45, 7) is 1.13. The van der Waals surface area contributed by atoms with Crippen LogP contribution in [0.2, 0.25) is 0 Å². The van der Waals surface area contributed by atoms with Crippen LogP contribution in [0.15, 0.2) is 0 Å². The molecule has 1 N–H and O–H groups in total. The van der Waals surface area contributed by atoms with Crippen LogP contribution < -0.4 is 5.32 Å². The fourth-order valence-electron chi connectivity index (χ4n) is 5.19. The van der Waals surface area contributed by atoms with Crippen LogP contribution in [0, 0.1) is 23.2 Å². The minimum absolute atomic E-state index is 0.00697. The van der Waals surface area contributed by atoms with Gasteiger partial charge in [0.1, 0.15) is 0 Å². The first kappa shape index (κ1) is 12.8. The van der Waals surface area contributed by atoms with Crippen molar-refractivity contribution in [2.45, 2.75) is 57.7 Å². The molecule has 0 spiro atoms. The van der Waals surface area contributed by atoms with Crippen molar-refractivity contribution in [3.05, 3.63) is 0 Å². The van der Waals surface area contributed by atoms with Crippen LogP contribution in [0.1, 0.15) is 45.4 Å². The van der Waals surface area contributed by atoms with Crippen LogP contribution >= 0.6 is 0 Å². The van der Waals surface area contributed by atoms with E-state index in [1.807, 2.05) is 6.92 Å². The number of halogens is 3. The molecule has 0 amide bonds. The molecule has 1 unspecified atom stereocenters. The number of hydrogen-bond donors (Lipinski definition) is 1. The third-order valence-electron chi connectivity index (χ3n) is 5.61. The second-order valence-electron chi connectivity index (χ2n) is 7.00. The molecular weight excluding hydrogens is 239 g/mol. The van der Waals surface area contributed by atoms with Crippen LogP contribution in [-0.2, 0) is 0 Å². The van der Waals surface area contributed by atoms with E-state index >= 15 is 0 Å². The Kier molecular flexibility index (Phi) is 2.92. The molecule has 4 saturated carbocycles. The molecule has 0 aliphatic heterocycles. The van der Waals surface area contributed by atoms with E-state index < -0.39 is 12.7 Å². The van der Waals surface area contributed by atoms with E-state index in [2.05, 4.69) is 5.32 Å². The molecule has 18 heavy (non-hydrogen) atoms. The lowest BCUT2D eigenvalue weighted by Gasteiger charge is -2.59. The van der Waals surface area contributed by atoms with Crippen LogP contribution in [0.4, 0.5) is 13.2 Å². The van der Waals surface area contributed by atoms with Gasteiger partial charge in [0.05, 0.1) is 6.54 Å². The first-order valence-corrected chi connectivity index (χ1v) is 7.16. The fourth-order valence-corrected chi connectivity index (χ4v) is 5.19. The molecule has 0 radical (unpaired) electrons. The van der Waals surface area contributed by atoms with Crippen molar-refractivity contribution in [2.24, 2.45) is 23.2 Å². The van der Waals surface area contributed by atoms with Gasteiger partial charge in [0.15, 0.2) is 0 Å². The summed E-state index contributed by atoms with van der Waals surface area (Å²) >= 11 is 0. The van der Waals surface area contributed by atoms with Crippen LogP contribution in [0.25, 0.3) is 0 Å². The van der Waals surface area contributed by atoms with Crippen molar-refractivity contribution in [1.82, 2.24) is 5.32 Å². The van der Waals surface area contributed by atoms with Crippen molar-refractivity contribution in [3.63, 3.8) is 0 Å². The predicted octanol–water partition coefficient (Wildman–Crippen LogP) is 3.74. The van der Waals surface area contributed by atoms with E-state index in [4.69, 9.17) is 0 Å². The number of hydrogen-bond acceptors (Lipinski definition) is 1. The maximum Gasteiger partial charge on any atom is 0.401 e. The summed E-state index contributed by atoms with van der Waals surface area (Å²) in [5, 5.41) is 2.75. The average Bonchev–Trinajstić information content (AvgIpc) is 2.22. The molecule has 1 atom stereocenters. The molecule has 4 fully saturated rings. The highest BCUT2D eigenvalue weighted by molar-refractivity contribution is 5.05. The summed E-state index contributed by atoms with van der Waals surface area (Å²) in [6.07, 6.45) is 3.40. The Morgan fingerprint density at radius 3 is 1.89 bits per heavy atom. The van der Waals surface area contributed by atoms with Gasteiger partial charge in [-0.3, -0.25) is 0 Å². The number of nitrogens with one attached hydrogen (secondary N) is 1. The minimum atomic E-state index is -4.09. The first-order valence-electron chi connectivity index (χ1n) is 7.16. The average molecular weight is 261 g/mol. The fraction of sp³-hybridized carbons (Fsp3) is 1.00. The zero-order chi connectivity index (χ0) is 13.0. The largest absolute Gasteiger partial charge is 0.401 e. The third-order valence-corrected chi connectivity index (χ3v) is 5.61. The van der Waals surface area contributed by atoms with Crippen molar-refractivity contribution >= 4 is 0 Å². The van der Waals surface area contributed by atoms with E-state index in [1.165, 1.54) is 19.3 Å². The van der Waals surface area contributed by atoms with Gasteiger partial charge < -0.3 is 5.32 Å². The molecule has 0 saturated heterocycles. The van der Waals surface area contributed by atoms with E-state index in [9.17, 15) is 13.2 Å².